The Labute approximate surface area is 146 Å². The second-order valence-corrected chi connectivity index (χ2v) is 5.53. The molecule has 0 aliphatic carbocycles. The largest absolute Gasteiger partial charge is 0.457 e. The molecule has 3 heterocycles. The quantitative estimate of drug-likeness (QED) is 0.525. The van der Waals surface area contributed by atoms with E-state index in [-0.39, 0.29) is 23.5 Å². The van der Waals surface area contributed by atoms with Gasteiger partial charge in [-0.05, 0) is 25.1 Å². The molecule has 3 aromatic rings. The van der Waals surface area contributed by atoms with E-state index in [2.05, 4.69) is 0 Å². The summed E-state index contributed by atoms with van der Waals surface area (Å²) in [5.41, 5.74) is -0.214. The highest BCUT2D eigenvalue weighted by Crippen LogP contribution is 2.35. The van der Waals surface area contributed by atoms with Crippen molar-refractivity contribution in [3.8, 4) is 11.5 Å². The lowest BCUT2D eigenvalue weighted by atomic mass is 10.1. The first-order chi connectivity index (χ1) is 12.6. The normalized spacial score (nSPS) is 12.3. The minimum Gasteiger partial charge on any atom is -0.457 e. The highest BCUT2D eigenvalue weighted by atomic mass is 16.7. The second kappa shape index (κ2) is 6.07. The van der Waals surface area contributed by atoms with Crippen molar-refractivity contribution in [3.05, 3.63) is 58.3 Å². The van der Waals surface area contributed by atoms with Gasteiger partial charge in [0.05, 0.1) is 17.2 Å². The van der Waals surface area contributed by atoms with Crippen LogP contribution in [0.1, 0.15) is 27.8 Å². The minimum absolute atomic E-state index is 0.0680. The first-order valence-corrected chi connectivity index (χ1v) is 7.85. The summed E-state index contributed by atoms with van der Waals surface area (Å²) in [4.78, 5) is 37.0. The van der Waals surface area contributed by atoms with Crippen LogP contribution in [0, 0.1) is 0 Å². The zero-order valence-electron chi connectivity index (χ0n) is 13.7. The summed E-state index contributed by atoms with van der Waals surface area (Å²) in [7, 11) is 0. The summed E-state index contributed by atoms with van der Waals surface area (Å²) in [6.45, 7) is 2.42. The lowest BCUT2D eigenvalue weighted by molar-refractivity contribution is 0.0374. The van der Waals surface area contributed by atoms with Gasteiger partial charge in [0.1, 0.15) is 5.56 Å². The van der Waals surface area contributed by atoms with Crippen LogP contribution in [0.15, 0.2) is 45.9 Å². The first kappa shape index (κ1) is 15.9. The molecular formula is C18H13NO7. The Kier molecular flexibility index (Phi) is 3.72. The van der Waals surface area contributed by atoms with Crippen molar-refractivity contribution in [2.75, 3.05) is 6.79 Å². The van der Waals surface area contributed by atoms with Crippen LogP contribution in [0.5, 0.6) is 11.5 Å². The van der Waals surface area contributed by atoms with E-state index in [4.69, 9.17) is 18.6 Å². The van der Waals surface area contributed by atoms with Gasteiger partial charge in [-0.25, -0.2) is 9.59 Å². The van der Waals surface area contributed by atoms with Crippen molar-refractivity contribution in [1.82, 2.24) is 4.57 Å². The SMILES string of the molecule is CCn1cc(C(=O)OC(=O)c2ccco2)c(=O)c2cc3c(cc21)OCO3. The van der Waals surface area contributed by atoms with Crippen LogP contribution in [-0.2, 0) is 11.3 Å². The number of fused-ring (bicyclic) bond motifs is 2. The predicted molar refractivity (Wildman–Crippen MR) is 88.5 cm³/mol. The fourth-order valence-electron chi connectivity index (χ4n) is 2.77. The zero-order chi connectivity index (χ0) is 18.3. The molecule has 1 aliphatic heterocycles. The second-order valence-electron chi connectivity index (χ2n) is 5.53. The molecule has 0 unspecified atom stereocenters. The Hall–Kier alpha value is -3.55. The number of benzene rings is 1. The molecule has 1 aromatic carbocycles. The number of carbonyl (C=O) groups is 2. The number of ether oxygens (including phenoxy) is 3. The number of furan rings is 1. The van der Waals surface area contributed by atoms with E-state index >= 15 is 0 Å². The Bertz CT molecular complexity index is 1080. The Morgan fingerprint density at radius 1 is 1.19 bits per heavy atom. The molecule has 0 radical (unpaired) electrons. The summed E-state index contributed by atoms with van der Waals surface area (Å²) < 4.78 is 22.0. The van der Waals surface area contributed by atoms with Crippen LogP contribution in [0.3, 0.4) is 0 Å². The summed E-state index contributed by atoms with van der Waals surface area (Å²) in [6.07, 6.45) is 2.65. The molecule has 1 aliphatic rings. The van der Waals surface area contributed by atoms with Crippen LogP contribution in [-0.4, -0.2) is 23.3 Å². The van der Waals surface area contributed by atoms with E-state index in [9.17, 15) is 14.4 Å². The standard InChI is InChI=1S/C18H13NO7/c1-2-19-8-11(17(21)26-18(22)13-4-3-5-23-13)16(20)10-6-14-15(7-12(10)19)25-9-24-14/h3-8H,2,9H2,1H3. The smallest absolute Gasteiger partial charge is 0.382 e. The maximum Gasteiger partial charge on any atom is 0.382 e. The van der Waals surface area contributed by atoms with Crippen LogP contribution in [0.25, 0.3) is 10.9 Å². The van der Waals surface area contributed by atoms with Gasteiger partial charge in [-0.3, -0.25) is 4.79 Å². The highest BCUT2D eigenvalue weighted by Gasteiger charge is 2.23. The number of nitrogens with zero attached hydrogens (tertiary/aromatic N) is 1. The topological polar surface area (TPSA) is 97.0 Å². The van der Waals surface area contributed by atoms with Crippen molar-refractivity contribution in [1.29, 1.82) is 0 Å². The van der Waals surface area contributed by atoms with Crippen molar-refractivity contribution in [3.63, 3.8) is 0 Å². The number of pyridine rings is 1. The van der Waals surface area contributed by atoms with E-state index in [1.165, 1.54) is 30.7 Å². The number of aromatic nitrogens is 1. The molecule has 0 atom stereocenters. The van der Waals surface area contributed by atoms with Crippen molar-refractivity contribution in [2.45, 2.75) is 13.5 Å². The van der Waals surface area contributed by atoms with Gasteiger partial charge in [-0.1, -0.05) is 0 Å². The van der Waals surface area contributed by atoms with Crippen molar-refractivity contribution in [2.24, 2.45) is 0 Å². The molecule has 0 bridgehead atoms. The highest BCUT2D eigenvalue weighted by molar-refractivity contribution is 6.02. The van der Waals surface area contributed by atoms with Crippen molar-refractivity contribution >= 4 is 22.8 Å². The van der Waals surface area contributed by atoms with Gasteiger partial charge in [0.25, 0.3) is 0 Å². The molecule has 0 saturated heterocycles. The molecule has 0 N–H and O–H groups in total. The summed E-state index contributed by atoms with van der Waals surface area (Å²) in [5.74, 6) is -1.18. The predicted octanol–water partition coefficient (Wildman–Crippen LogP) is 2.34. The third-order valence-corrected chi connectivity index (χ3v) is 4.04. The van der Waals surface area contributed by atoms with E-state index in [0.717, 1.165) is 0 Å². The van der Waals surface area contributed by atoms with Crippen LogP contribution >= 0.6 is 0 Å². The monoisotopic (exact) mass is 355 g/mol. The summed E-state index contributed by atoms with van der Waals surface area (Å²) in [5, 5.41) is 0.274. The molecule has 132 valence electrons. The average molecular weight is 355 g/mol. The van der Waals surface area contributed by atoms with E-state index in [0.29, 0.717) is 23.6 Å². The van der Waals surface area contributed by atoms with E-state index in [1.54, 1.807) is 10.6 Å². The molecule has 26 heavy (non-hydrogen) atoms. The number of aryl methyl sites for hydroxylation is 1. The first-order valence-electron chi connectivity index (χ1n) is 7.85. The molecule has 0 spiro atoms. The van der Waals surface area contributed by atoms with Gasteiger partial charge in [0, 0.05) is 18.8 Å². The maximum absolute atomic E-state index is 12.8. The molecule has 0 amide bonds. The fraction of sp³-hybridized carbons (Fsp3) is 0.167. The van der Waals surface area contributed by atoms with Crippen LogP contribution in [0.4, 0.5) is 0 Å². The Morgan fingerprint density at radius 3 is 2.65 bits per heavy atom. The number of carbonyl (C=O) groups excluding carboxylic acids is 2. The minimum atomic E-state index is -1.04. The Balaban J connectivity index is 1.79. The number of esters is 2. The average Bonchev–Trinajstić information content (AvgIpc) is 3.32. The summed E-state index contributed by atoms with van der Waals surface area (Å²) >= 11 is 0. The third kappa shape index (κ3) is 2.52. The molecular weight excluding hydrogens is 342 g/mol. The van der Waals surface area contributed by atoms with Gasteiger partial charge < -0.3 is 23.2 Å². The molecule has 0 fully saturated rings. The van der Waals surface area contributed by atoms with Gasteiger partial charge in [-0.15, -0.1) is 0 Å². The number of rotatable bonds is 3. The maximum atomic E-state index is 12.8. The molecule has 0 saturated carbocycles. The van der Waals surface area contributed by atoms with E-state index < -0.39 is 17.4 Å². The van der Waals surface area contributed by atoms with Gasteiger partial charge in [0.2, 0.25) is 18.0 Å². The van der Waals surface area contributed by atoms with Gasteiger partial charge >= 0.3 is 11.9 Å². The van der Waals surface area contributed by atoms with Gasteiger partial charge in [0.15, 0.2) is 11.5 Å². The molecule has 2 aromatic heterocycles. The van der Waals surface area contributed by atoms with E-state index in [1.807, 2.05) is 6.92 Å². The van der Waals surface area contributed by atoms with Crippen molar-refractivity contribution < 1.29 is 28.2 Å². The van der Waals surface area contributed by atoms with Gasteiger partial charge in [-0.2, -0.15) is 0 Å². The number of hydrogen-bond acceptors (Lipinski definition) is 7. The fourth-order valence-corrected chi connectivity index (χ4v) is 2.77. The third-order valence-electron chi connectivity index (χ3n) is 4.04. The summed E-state index contributed by atoms with van der Waals surface area (Å²) in [6, 6.07) is 6.06. The van der Waals surface area contributed by atoms with Crippen LogP contribution in [0.2, 0.25) is 0 Å². The molecule has 8 heteroatoms. The molecule has 4 rings (SSSR count). The molecule has 8 nitrogen and oxygen atoms in total. The Morgan fingerprint density at radius 2 is 1.96 bits per heavy atom. The number of hydrogen-bond donors (Lipinski definition) is 0. The zero-order valence-corrected chi connectivity index (χ0v) is 13.7. The lowest BCUT2D eigenvalue weighted by Gasteiger charge is -2.11. The van der Waals surface area contributed by atoms with Crippen LogP contribution < -0.4 is 14.9 Å². The lowest BCUT2D eigenvalue weighted by Crippen LogP contribution is -2.22.